The molecule has 0 aliphatic heterocycles. The lowest BCUT2D eigenvalue weighted by molar-refractivity contribution is 0.627. The summed E-state index contributed by atoms with van der Waals surface area (Å²) in [6.45, 7) is 5.99. The number of benzene rings is 1. The molecule has 0 saturated heterocycles. The quantitative estimate of drug-likeness (QED) is 0.918. The van der Waals surface area contributed by atoms with Gasteiger partial charge in [-0.15, -0.1) is 0 Å². The number of anilines is 1. The predicted molar refractivity (Wildman–Crippen MR) is 80.4 cm³/mol. The molecule has 2 aromatic rings. The molecule has 4 heteroatoms. The summed E-state index contributed by atoms with van der Waals surface area (Å²) in [7, 11) is 1.85. The summed E-state index contributed by atoms with van der Waals surface area (Å²) in [6.07, 6.45) is 1.83. The molecule has 0 amide bonds. The third-order valence-electron chi connectivity index (χ3n) is 3.35. The van der Waals surface area contributed by atoms with E-state index in [9.17, 15) is 4.39 Å². The molecule has 0 saturated carbocycles. The van der Waals surface area contributed by atoms with Gasteiger partial charge < -0.3 is 5.32 Å². The number of hydrogen-bond acceptors (Lipinski definition) is 3. The van der Waals surface area contributed by atoms with E-state index in [1.54, 1.807) is 6.07 Å². The first-order valence-electron chi connectivity index (χ1n) is 6.88. The highest BCUT2D eigenvalue weighted by molar-refractivity contribution is 5.70. The van der Waals surface area contributed by atoms with Crippen LogP contribution < -0.4 is 5.32 Å². The van der Waals surface area contributed by atoms with Crippen LogP contribution in [0.5, 0.6) is 0 Å². The fourth-order valence-electron chi connectivity index (χ4n) is 2.30. The number of hydrogen-bond donors (Lipinski definition) is 1. The Labute approximate surface area is 119 Å². The van der Waals surface area contributed by atoms with Crippen LogP contribution in [0.15, 0.2) is 18.2 Å². The van der Waals surface area contributed by atoms with Gasteiger partial charge >= 0.3 is 0 Å². The topological polar surface area (TPSA) is 37.8 Å². The van der Waals surface area contributed by atoms with Crippen molar-refractivity contribution in [2.45, 2.75) is 33.6 Å². The number of halogens is 1. The first kappa shape index (κ1) is 14.4. The van der Waals surface area contributed by atoms with E-state index in [0.717, 1.165) is 46.9 Å². The number of nitrogens with zero attached hydrogens (tertiary/aromatic N) is 2. The van der Waals surface area contributed by atoms with Gasteiger partial charge in [-0.3, -0.25) is 0 Å². The van der Waals surface area contributed by atoms with Gasteiger partial charge in [0.1, 0.15) is 17.5 Å². The van der Waals surface area contributed by atoms with Crippen LogP contribution in [-0.2, 0) is 6.42 Å². The molecule has 20 heavy (non-hydrogen) atoms. The molecule has 1 aromatic carbocycles. The van der Waals surface area contributed by atoms with E-state index in [1.165, 1.54) is 12.1 Å². The van der Waals surface area contributed by atoms with Crippen LogP contribution in [0.2, 0.25) is 0 Å². The Morgan fingerprint density at radius 2 is 1.95 bits per heavy atom. The van der Waals surface area contributed by atoms with E-state index in [-0.39, 0.29) is 5.82 Å². The van der Waals surface area contributed by atoms with E-state index in [0.29, 0.717) is 0 Å². The Hall–Kier alpha value is -1.97. The van der Waals surface area contributed by atoms with Gasteiger partial charge in [-0.05, 0) is 44.0 Å². The fourth-order valence-corrected chi connectivity index (χ4v) is 2.30. The van der Waals surface area contributed by atoms with Crippen LogP contribution in [0, 0.1) is 19.7 Å². The first-order chi connectivity index (χ1) is 9.56. The summed E-state index contributed by atoms with van der Waals surface area (Å²) >= 11 is 0. The molecule has 0 bridgehead atoms. The largest absolute Gasteiger partial charge is 0.373 e. The van der Waals surface area contributed by atoms with E-state index in [4.69, 9.17) is 0 Å². The lowest BCUT2D eigenvalue weighted by Crippen LogP contribution is -2.06. The molecule has 1 aromatic heterocycles. The zero-order valence-corrected chi connectivity index (χ0v) is 12.4. The normalized spacial score (nSPS) is 10.7. The smallest absolute Gasteiger partial charge is 0.132 e. The third kappa shape index (κ3) is 2.79. The van der Waals surface area contributed by atoms with Crippen molar-refractivity contribution in [1.82, 2.24) is 9.97 Å². The summed E-state index contributed by atoms with van der Waals surface area (Å²) < 4.78 is 13.3. The predicted octanol–water partition coefficient (Wildman–Crippen LogP) is 3.89. The van der Waals surface area contributed by atoms with Crippen molar-refractivity contribution in [3.05, 3.63) is 41.0 Å². The van der Waals surface area contributed by atoms with Crippen molar-refractivity contribution in [3.8, 4) is 11.3 Å². The molecular formula is C16H20FN3. The van der Waals surface area contributed by atoms with Gasteiger partial charge in [0.25, 0.3) is 0 Å². The highest BCUT2D eigenvalue weighted by atomic mass is 19.1. The monoisotopic (exact) mass is 273 g/mol. The van der Waals surface area contributed by atoms with Gasteiger partial charge in [-0.25, -0.2) is 14.4 Å². The number of rotatable bonds is 4. The zero-order valence-electron chi connectivity index (χ0n) is 12.4. The molecule has 0 spiro atoms. The van der Waals surface area contributed by atoms with Crippen LogP contribution in [-0.4, -0.2) is 17.0 Å². The average molecular weight is 273 g/mol. The summed E-state index contributed by atoms with van der Waals surface area (Å²) in [5.41, 5.74) is 3.71. The molecule has 3 nitrogen and oxygen atoms in total. The standard InChI is InChI=1S/C16H20FN3/c1-5-6-14-19-15(11(3)16(18-4)20-14)13-8-7-12(17)9-10(13)2/h7-9H,5-6H2,1-4H3,(H,18,19,20). The second-order valence-corrected chi connectivity index (χ2v) is 4.92. The van der Waals surface area contributed by atoms with E-state index >= 15 is 0 Å². The maximum absolute atomic E-state index is 13.3. The molecule has 1 N–H and O–H groups in total. The minimum absolute atomic E-state index is 0.222. The van der Waals surface area contributed by atoms with Crippen molar-refractivity contribution in [3.63, 3.8) is 0 Å². The second kappa shape index (κ2) is 5.99. The number of aromatic nitrogens is 2. The Balaban J connectivity index is 2.62. The molecule has 2 rings (SSSR count). The van der Waals surface area contributed by atoms with Gasteiger partial charge in [0.15, 0.2) is 0 Å². The minimum atomic E-state index is -0.222. The summed E-state index contributed by atoms with van der Waals surface area (Å²) in [4.78, 5) is 9.18. The number of nitrogens with one attached hydrogen (secondary N) is 1. The summed E-state index contributed by atoms with van der Waals surface area (Å²) in [5, 5.41) is 3.11. The SMILES string of the molecule is CCCc1nc(NC)c(C)c(-c2ccc(F)cc2C)n1. The molecule has 0 aliphatic carbocycles. The third-order valence-corrected chi connectivity index (χ3v) is 3.35. The maximum Gasteiger partial charge on any atom is 0.132 e. The highest BCUT2D eigenvalue weighted by Gasteiger charge is 2.13. The van der Waals surface area contributed by atoms with Gasteiger partial charge in [-0.2, -0.15) is 0 Å². The van der Waals surface area contributed by atoms with Crippen LogP contribution in [0.1, 0.15) is 30.3 Å². The van der Waals surface area contributed by atoms with Crippen molar-refractivity contribution >= 4 is 5.82 Å². The van der Waals surface area contributed by atoms with E-state index < -0.39 is 0 Å². The molecule has 0 unspecified atom stereocenters. The molecule has 0 atom stereocenters. The lowest BCUT2D eigenvalue weighted by atomic mass is 10.0. The average Bonchev–Trinajstić information content (AvgIpc) is 2.41. The Kier molecular flexibility index (Phi) is 4.32. The molecular weight excluding hydrogens is 253 g/mol. The maximum atomic E-state index is 13.3. The van der Waals surface area contributed by atoms with Crippen molar-refractivity contribution < 1.29 is 4.39 Å². The van der Waals surface area contributed by atoms with Crippen LogP contribution in [0.25, 0.3) is 11.3 Å². The van der Waals surface area contributed by atoms with Gasteiger partial charge in [-0.1, -0.05) is 6.92 Å². The highest BCUT2D eigenvalue weighted by Crippen LogP contribution is 2.28. The minimum Gasteiger partial charge on any atom is -0.373 e. The molecule has 1 heterocycles. The van der Waals surface area contributed by atoms with Crippen LogP contribution >= 0.6 is 0 Å². The first-order valence-corrected chi connectivity index (χ1v) is 6.88. The fraction of sp³-hybridized carbons (Fsp3) is 0.375. The van der Waals surface area contributed by atoms with E-state index in [1.807, 2.05) is 20.9 Å². The summed E-state index contributed by atoms with van der Waals surface area (Å²) in [6, 6.07) is 4.80. The zero-order chi connectivity index (χ0) is 14.7. The molecule has 0 radical (unpaired) electrons. The van der Waals surface area contributed by atoms with Gasteiger partial charge in [0.2, 0.25) is 0 Å². The van der Waals surface area contributed by atoms with E-state index in [2.05, 4.69) is 22.2 Å². The van der Waals surface area contributed by atoms with Gasteiger partial charge in [0.05, 0.1) is 5.69 Å². The van der Waals surface area contributed by atoms with Crippen LogP contribution in [0.3, 0.4) is 0 Å². The number of aryl methyl sites for hydroxylation is 2. The molecule has 0 fully saturated rings. The lowest BCUT2D eigenvalue weighted by Gasteiger charge is -2.14. The second-order valence-electron chi connectivity index (χ2n) is 4.92. The van der Waals surface area contributed by atoms with Crippen molar-refractivity contribution in [2.75, 3.05) is 12.4 Å². The molecule has 0 aliphatic rings. The Bertz CT molecular complexity index is 623. The summed E-state index contributed by atoms with van der Waals surface area (Å²) in [5.74, 6) is 1.43. The van der Waals surface area contributed by atoms with Crippen molar-refractivity contribution in [2.24, 2.45) is 0 Å². The van der Waals surface area contributed by atoms with Crippen LogP contribution in [0.4, 0.5) is 10.2 Å². The Morgan fingerprint density at radius 3 is 2.55 bits per heavy atom. The Morgan fingerprint density at radius 1 is 1.20 bits per heavy atom. The molecule has 106 valence electrons. The van der Waals surface area contributed by atoms with Gasteiger partial charge in [0, 0.05) is 24.6 Å². The van der Waals surface area contributed by atoms with Crippen molar-refractivity contribution in [1.29, 1.82) is 0 Å².